The number of hydrogen-bond donors (Lipinski definition) is 0. The van der Waals surface area contributed by atoms with Gasteiger partial charge in [0, 0.05) is 44.1 Å². The maximum atomic E-state index is 13.1. The smallest absolute Gasteiger partial charge is 0.242 e. The molecule has 1 aliphatic heterocycles. The molecule has 0 unspecified atom stereocenters. The Balaban J connectivity index is 1.46. The molecule has 1 fully saturated rings. The topological polar surface area (TPSA) is 89.8 Å². The predicted octanol–water partition coefficient (Wildman–Crippen LogP) is 2.44. The Labute approximate surface area is 205 Å². The van der Waals surface area contributed by atoms with Crippen LogP contribution in [-0.2, 0) is 34.0 Å². The van der Waals surface area contributed by atoms with Gasteiger partial charge in [0.15, 0.2) is 0 Å². The maximum absolute atomic E-state index is 13.1. The van der Waals surface area contributed by atoms with Gasteiger partial charge in [-0.3, -0.25) is 19.3 Å². The van der Waals surface area contributed by atoms with Gasteiger partial charge in [0.1, 0.15) is 5.75 Å². The summed E-state index contributed by atoms with van der Waals surface area (Å²) < 4.78 is 13.3. The fraction of sp³-hybridized carbons (Fsp3) is 0.385. The van der Waals surface area contributed by atoms with Crippen molar-refractivity contribution in [3.05, 3.63) is 77.9 Å². The summed E-state index contributed by atoms with van der Waals surface area (Å²) in [6.45, 7) is 3.87. The van der Waals surface area contributed by atoms with Gasteiger partial charge in [-0.05, 0) is 42.8 Å². The largest absolute Gasteiger partial charge is 0.497 e. The molecule has 35 heavy (non-hydrogen) atoms. The van der Waals surface area contributed by atoms with Gasteiger partial charge in [-0.15, -0.1) is 0 Å². The van der Waals surface area contributed by atoms with Gasteiger partial charge in [0.2, 0.25) is 11.8 Å². The lowest BCUT2D eigenvalue weighted by Crippen LogP contribution is -2.40. The number of pyridine rings is 1. The number of ether oxygens (including phenoxy) is 2. The van der Waals surface area contributed by atoms with E-state index in [0.717, 1.165) is 22.7 Å². The number of nitrogens with zero attached hydrogens (tertiary/aromatic N) is 5. The van der Waals surface area contributed by atoms with Gasteiger partial charge in [-0.1, -0.05) is 18.2 Å². The molecule has 1 aliphatic rings. The zero-order chi connectivity index (χ0) is 24.6. The van der Waals surface area contributed by atoms with Gasteiger partial charge >= 0.3 is 0 Å². The molecule has 2 aromatic heterocycles. The molecule has 9 heteroatoms. The van der Waals surface area contributed by atoms with Gasteiger partial charge in [0.25, 0.3) is 0 Å². The number of carbonyl (C=O) groups excluding carboxylic acids is 2. The van der Waals surface area contributed by atoms with E-state index in [1.807, 2.05) is 55.5 Å². The van der Waals surface area contributed by atoms with Crippen molar-refractivity contribution in [1.82, 2.24) is 24.6 Å². The monoisotopic (exact) mass is 477 g/mol. The van der Waals surface area contributed by atoms with Crippen LogP contribution in [0.25, 0.3) is 0 Å². The van der Waals surface area contributed by atoms with Crippen LogP contribution in [0.2, 0.25) is 0 Å². The third kappa shape index (κ3) is 6.66. The highest BCUT2D eigenvalue weighted by Crippen LogP contribution is 2.17. The lowest BCUT2D eigenvalue weighted by atomic mass is 10.2. The molecule has 4 rings (SSSR count). The second-order valence-electron chi connectivity index (χ2n) is 8.60. The average Bonchev–Trinajstić information content (AvgIpc) is 3.22. The number of hydrogen-bond acceptors (Lipinski definition) is 6. The van der Waals surface area contributed by atoms with Crippen molar-refractivity contribution in [2.45, 2.75) is 39.1 Å². The summed E-state index contributed by atoms with van der Waals surface area (Å²) >= 11 is 0. The van der Waals surface area contributed by atoms with Crippen LogP contribution in [0.15, 0.2) is 60.9 Å². The zero-order valence-electron chi connectivity index (χ0n) is 20.2. The molecular weight excluding hydrogens is 446 g/mol. The van der Waals surface area contributed by atoms with E-state index >= 15 is 0 Å². The Morgan fingerprint density at radius 1 is 1.11 bits per heavy atom. The molecular formula is C26H31N5O4. The lowest BCUT2D eigenvalue weighted by Gasteiger charge is -2.25. The maximum Gasteiger partial charge on any atom is 0.242 e. The Morgan fingerprint density at radius 2 is 2.00 bits per heavy atom. The normalized spacial score (nSPS) is 16.3. The van der Waals surface area contributed by atoms with Gasteiger partial charge in [0.05, 0.1) is 38.6 Å². The molecule has 2 amide bonds. The summed E-state index contributed by atoms with van der Waals surface area (Å²) in [4.78, 5) is 33.9. The molecule has 184 valence electrons. The second kappa shape index (κ2) is 11.6. The Bertz CT molecular complexity index is 1130. The molecule has 0 spiro atoms. The summed E-state index contributed by atoms with van der Waals surface area (Å²) in [7, 11) is 1.63. The highest BCUT2D eigenvalue weighted by Gasteiger charge is 2.31. The van der Waals surface area contributed by atoms with Crippen LogP contribution in [0.4, 0.5) is 0 Å². The molecule has 0 aliphatic carbocycles. The van der Waals surface area contributed by atoms with E-state index in [1.165, 1.54) is 0 Å². The van der Waals surface area contributed by atoms with E-state index in [0.29, 0.717) is 32.8 Å². The van der Waals surface area contributed by atoms with Crippen molar-refractivity contribution < 1.29 is 19.1 Å². The Morgan fingerprint density at radius 3 is 2.74 bits per heavy atom. The van der Waals surface area contributed by atoms with Crippen molar-refractivity contribution in [3.8, 4) is 5.75 Å². The summed E-state index contributed by atoms with van der Waals surface area (Å²) in [5.74, 6) is 0.541. The number of amides is 2. The zero-order valence-corrected chi connectivity index (χ0v) is 20.2. The van der Waals surface area contributed by atoms with Gasteiger partial charge in [-0.2, -0.15) is 5.10 Å². The minimum Gasteiger partial charge on any atom is -0.497 e. The summed E-state index contributed by atoms with van der Waals surface area (Å²) in [6, 6.07) is 15.2. The van der Waals surface area contributed by atoms with Crippen molar-refractivity contribution in [2.75, 3.05) is 26.7 Å². The highest BCUT2D eigenvalue weighted by atomic mass is 16.5. The number of rotatable bonds is 9. The van der Waals surface area contributed by atoms with E-state index in [9.17, 15) is 9.59 Å². The summed E-state index contributed by atoms with van der Waals surface area (Å²) in [5.41, 5.74) is 2.75. The van der Waals surface area contributed by atoms with Crippen molar-refractivity contribution in [1.29, 1.82) is 0 Å². The molecule has 3 heterocycles. The fourth-order valence-corrected chi connectivity index (χ4v) is 4.08. The SMILES string of the molecule is COc1cccc(CO[C@H]2CN(C(=O)CCn3nccc3C)CC(=O)N(Cc3ccccn3)C2)c1. The Kier molecular flexibility index (Phi) is 8.10. The van der Waals surface area contributed by atoms with Crippen molar-refractivity contribution >= 4 is 11.8 Å². The van der Waals surface area contributed by atoms with Crippen LogP contribution < -0.4 is 4.74 Å². The third-order valence-electron chi connectivity index (χ3n) is 6.04. The van der Waals surface area contributed by atoms with E-state index < -0.39 is 0 Å². The summed E-state index contributed by atoms with van der Waals surface area (Å²) in [5, 5.41) is 4.25. The average molecular weight is 478 g/mol. The van der Waals surface area contributed by atoms with Crippen molar-refractivity contribution in [3.63, 3.8) is 0 Å². The van der Waals surface area contributed by atoms with E-state index in [-0.39, 0.29) is 30.9 Å². The number of aromatic nitrogens is 3. The standard InChI is InChI=1S/C26H31N5O4/c1-20-9-12-28-31(20)13-10-25(32)30-17-24(35-19-21-6-5-8-23(14-21)34-2)16-29(26(33)18-30)15-22-7-3-4-11-27-22/h3-9,11-12,14,24H,10,13,15-19H2,1-2H3/t24-/m1/s1. The highest BCUT2D eigenvalue weighted by molar-refractivity contribution is 5.85. The van der Waals surface area contributed by atoms with E-state index in [2.05, 4.69) is 10.1 Å². The second-order valence-corrected chi connectivity index (χ2v) is 8.60. The predicted molar refractivity (Wildman–Crippen MR) is 129 cm³/mol. The molecule has 1 aromatic carbocycles. The van der Waals surface area contributed by atoms with Crippen LogP contribution >= 0.6 is 0 Å². The molecule has 0 bridgehead atoms. The molecule has 0 N–H and O–H groups in total. The van der Waals surface area contributed by atoms with Crippen LogP contribution in [0.1, 0.15) is 23.4 Å². The molecule has 3 aromatic rings. The molecule has 9 nitrogen and oxygen atoms in total. The first-order valence-corrected chi connectivity index (χ1v) is 11.7. The quantitative estimate of drug-likeness (QED) is 0.470. The molecule has 1 saturated heterocycles. The third-order valence-corrected chi connectivity index (χ3v) is 6.04. The molecule has 1 atom stereocenters. The first-order valence-electron chi connectivity index (χ1n) is 11.7. The molecule has 0 saturated carbocycles. The van der Waals surface area contributed by atoms with Gasteiger partial charge < -0.3 is 19.3 Å². The van der Waals surface area contributed by atoms with E-state index in [1.54, 1.807) is 34.0 Å². The first kappa shape index (κ1) is 24.4. The Hall–Kier alpha value is -3.72. The number of benzene rings is 1. The molecule has 0 radical (unpaired) electrons. The number of carbonyl (C=O) groups is 2. The van der Waals surface area contributed by atoms with Crippen LogP contribution in [0, 0.1) is 6.92 Å². The minimum atomic E-state index is -0.341. The number of aryl methyl sites for hydroxylation is 2. The summed E-state index contributed by atoms with van der Waals surface area (Å²) in [6.07, 6.45) is 3.35. The van der Waals surface area contributed by atoms with Gasteiger partial charge in [-0.25, -0.2) is 0 Å². The van der Waals surface area contributed by atoms with Crippen molar-refractivity contribution in [2.24, 2.45) is 0 Å². The van der Waals surface area contributed by atoms with Crippen LogP contribution in [0.5, 0.6) is 5.75 Å². The van der Waals surface area contributed by atoms with Crippen LogP contribution in [0.3, 0.4) is 0 Å². The lowest BCUT2D eigenvalue weighted by molar-refractivity contribution is -0.139. The first-order chi connectivity index (χ1) is 17.0. The van der Waals surface area contributed by atoms with Crippen LogP contribution in [-0.4, -0.2) is 69.2 Å². The van der Waals surface area contributed by atoms with E-state index in [4.69, 9.17) is 9.47 Å². The minimum absolute atomic E-state index is 0.0166. The fourth-order valence-electron chi connectivity index (χ4n) is 4.08. The number of methoxy groups -OCH3 is 1.